The molecule has 1 heterocycles. The third kappa shape index (κ3) is 4.49. The van der Waals surface area contributed by atoms with Crippen LogP contribution in [0.3, 0.4) is 0 Å². The molecule has 0 atom stereocenters. The molecular weight excluding hydrogens is 301 g/mol. The van der Waals surface area contributed by atoms with E-state index in [1.807, 2.05) is 13.2 Å². The summed E-state index contributed by atoms with van der Waals surface area (Å²) in [5.41, 5.74) is 0.888. The van der Waals surface area contributed by atoms with Gasteiger partial charge in [0.25, 0.3) is 0 Å². The number of hydrogen-bond donors (Lipinski definition) is 0. The molecule has 0 radical (unpaired) electrons. The fourth-order valence-electron chi connectivity index (χ4n) is 1.98. The highest BCUT2D eigenvalue weighted by Gasteiger charge is 2.30. The number of halogens is 3. The molecular formula is C15H17F3O2S. The molecule has 0 N–H and O–H groups in total. The second-order valence-electron chi connectivity index (χ2n) is 4.86. The van der Waals surface area contributed by atoms with Gasteiger partial charge < -0.3 is 9.47 Å². The summed E-state index contributed by atoms with van der Waals surface area (Å²) < 4.78 is 48.7. The van der Waals surface area contributed by atoms with Crippen molar-refractivity contribution in [2.75, 3.05) is 19.5 Å². The van der Waals surface area contributed by atoms with Gasteiger partial charge in [0.1, 0.15) is 0 Å². The van der Waals surface area contributed by atoms with Crippen molar-refractivity contribution >= 4 is 17.8 Å². The normalized spacial score (nSPS) is 24.1. The monoisotopic (exact) mass is 318 g/mol. The first-order chi connectivity index (χ1) is 9.90. The van der Waals surface area contributed by atoms with Crippen molar-refractivity contribution < 1.29 is 22.6 Å². The molecule has 0 amide bonds. The van der Waals surface area contributed by atoms with Crippen LogP contribution >= 0.6 is 11.8 Å². The largest absolute Gasteiger partial charge is 0.416 e. The number of rotatable bonds is 3. The predicted molar refractivity (Wildman–Crippen MR) is 78.1 cm³/mol. The Hall–Kier alpha value is -0.980. The standard InChI is InChI=1S/C15H17F3O2S/c1-10(14-19-8-13(21-2)9-20-14)7-11-3-5-12(6-4-11)15(16,17)18/h3-7,13-14H,8-9H2,1-2H3/b10-7+. The van der Waals surface area contributed by atoms with Crippen LogP contribution in [-0.4, -0.2) is 31.0 Å². The molecule has 1 aliphatic heterocycles. The van der Waals surface area contributed by atoms with Gasteiger partial charge >= 0.3 is 6.18 Å². The number of benzene rings is 1. The summed E-state index contributed by atoms with van der Waals surface area (Å²) in [5.74, 6) is 0. The summed E-state index contributed by atoms with van der Waals surface area (Å²) in [6, 6.07) is 5.04. The van der Waals surface area contributed by atoms with Crippen molar-refractivity contribution in [3.63, 3.8) is 0 Å². The summed E-state index contributed by atoms with van der Waals surface area (Å²) >= 11 is 1.69. The van der Waals surface area contributed by atoms with Gasteiger partial charge in [0.05, 0.1) is 24.0 Å². The molecule has 1 fully saturated rings. The van der Waals surface area contributed by atoms with Gasteiger partial charge in [-0.15, -0.1) is 0 Å². The summed E-state index contributed by atoms with van der Waals surface area (Å²) in [6.45, 7) is 3.08. The molecule has 0 aromatic heterocycles. The zero-order valence-electron chi connectivity index (χ0n) is 11.8. The van der Waals surface area contributed by atoms with Gasteiger partial charge in [-0.05, 0) is 36.4 Å². The van der Waals surface area contributed by atoms with Crippen LogP contribution in [0.4, 0.5) is 13.2 Å². The summed E-state index contributed by atoms with van der Waals surface area (Å²) in [4.78, 5) is 0. The summed E-state index contributed by atoms with van der Waals surface area (Å²) in [5, 5.41) is 0.333. The van der Waals surface area contributed by atoms with Gasteiger partial charge in [-0.2, -0.15) is 24.9 Å². The van der Waals surface area contributed by atoms with Crippen LogP contribution in [0.15, 0.2) is 29.8 Å². The maximum absolute atomic E-state index is 12.5. The number of hydrogen-bond acceptors (Lipinski definition) is 3. The van der Waals surface area contributed by atoms with Crippen molar-refractivity contribution in [2.24, 2.45) is 0 Å². The van der Waals surface area contributed by atoms with E-state index in [0.29, 0.717) is 24.0 Å². The van der Waals surface area contributed by atoms with E-state index in [9.17, 15) is 13.2 Å². The summed E-state index contributed by atoms with van der Waals surface area (Å²) in [6.07, 6.45) is -0.942. The molecule has 1 aliphatic rings. The van der Waals surface area contributed by atoms with Crippen LogP contribution in [0.25, 0.3) is 6.08 Å². The third-order valence-corrected chi connectivity index (χ3v) is 4.14. The van der Waals surface area contributed by atoms with Crippen LogP contribution in [0.1, 0.15) is 18.1 Å². The minimum atomic E-state index is -4.31. The molecule has 0 spiro atoms. The number of alkyl halides is 3. The predicted octanol–water partition coefficient (Wildman–Crippen LogP) is 4.21. The Kier molecular flexibility index (Phi) is 5.35. The molecule has 0 unspecified atom stereocenters. The number of ether oxygens (including phenoxy) is 2. The molecule has 2 rings (SSSR count). The maximum Gasteiger partial charge on any atom is 0.416 e. The first-order valence-corrected chi connectivity index (χ1v) is 7.80. The molecule has 1 aromatic carbocycles. The van der Waals surface area contributed by atoms with Crippen LogP contribution in [0.2, 0.25) is 0 Å². The third-order valence-electron chi connectivity index (χ3n) is 3.20. The van der Waals surface area contributed by atoms with Crippen molar-refractivity contribution in [1.82, 2.24) is 0 Å². The Morgan fingerprint density at radius 2 is 1.76 bits per heavy atom. The van der Waals surface area contributed by atoms with E-state index in [1.54, 1.807) is 17.8 Å². The average molecular weight is 318 g/mol. The average Bonchev–Trinajstić information content (AvgIpc) is 2.47. The van der Waals surface area contributed by atoms with Crippen molar-refractivity contribution in [2.45, 2.75) is 24.6 Å². The van der Waals surface area contributed by atoms with Gasteiger partial charge in [-0.3, -0.25) is 0 Å². The Bertz CT molecular complexity index is 489. The minimum absolute atomic E-state index is 0.333. The summed E-state index contributed by atoms with van der Waals surface area (Å²) in [7, 11) is 0. The van der Waals surface area contributed by atoms with Crippen molar-refractivity contribution in [1.29, 1.82) is 0 Å². The van der Waals surface area contributed by atoms with Gasteiger partial charge in [0.2, 0.25) is 0 Å². The lowest BCUT2D eigenvalue weighted by Gasteiger charge is -2.29. The molecule has 1 saturated heterocycles. The highest BCUT2D eigenvalue weighted by molar-refractivity contribution is 7.99. The van der Waals surface area contributed by atoms with Gasteiger partial charge in [0, 0.05) is 0 Å². The Morgan fingerprint density at radius 3 is 2.24 bits per heavy atom. The maximum atomic E-state index is 12.5. The number of thioether (sulfide) groups is 1. The second kappa shape index (κ2) is 6.85. The fraction of sp³-hybridized carbons (Fsp3) is 0.467. The SMILES string of the molecule is CSC1COC(/C(C)=C/c2ccc(C(F)(F)F)cc2)OC1. The van der Waals surface area contributed by atoms with Gasteiger partial charge in [-0.25, -0.2) is 0 Å². The van der Waals surface area contributed by atoms with Crippen molar-refractivity contribution in [3.8, 4) is 0 Å². The van der Waals surface area contributed by atoms with E-state index in [2.05, 4.69) is 0 Å². The van der Waals surface area contributed by atoms with E-state index >= 15 is 0 Å². The quantitative estimate of drug-likeness (QED) is 0.831. The van der Waals surface area contributed by atoms with Crippen LogP contribution in [0, 0.1) is 0 Å². The zero-order chi connectivity index (χ0) is 15.5. The lowest BCUT2D eigenvalue weighted by Crippen LogP contribution is -2.34. The smallest absolute Gasteiger partial charge is 0.347 e. The Morgan fingerprint density at radius 1 is 1.19 bits per heavy atom. The highest BCUT2D eigenvalue weighted by Crippen LogP contribution is 2.29. The zero-order valence-corrected chi connectivity index (χ0v) is 12.6. The second-order valence-corrected chi connectivity index (χ2v) is 6.00. The minimum Gasteiger partial charge on any atom is -0.347 e. The molecule has 21 heavy (non-hydrogen) atoms. The van der Waals surface area contributed by atoms with E-state index in [1.165, 1.54) is 12.1 Å². The first kappa shape index (κ1) is 16.4. The molecule has 1 aromatic rings. The van der Waals surface area contributed by atoms with Crippen LogP contribution in [0.5, 0.6) is 0 Å². The van der Waals surface area contributed by atoms with E-state index in [4.69, 9.17) is 9.47 Å². The van der Waals surface area contributed by atoms with Gasteiger partial charge in [0.15, 0.2) is 6.29 Å². The lowest BCUT2D eigenvalue weighted by molar-refractivity contribution is -0.152. The molecule has 6 heteroatoms. The highest BCUT2D eigenvalue weighted by atomic mass is 32.2. The topological polar surface area (TPSA) is 18.5 Å². The van der Waals surface area contributed by atoms with Crippen LogP contribution < -0.4 is 0 Å². The molecule has 2 nitrogen and oxygen atoms in total. The lowest BCUT2D eigenvalue weighted by atomic mass is 10.1. The van der Waals surface area contributed by atoms with E-state index in [-0.39, 0.29) is 0 Å². The molecule has 116 valence electrons. The molecule has 0 saturated carbocycles. The fourth-order valence-corrected chi connectivity index (χ4v) is 2.41. The van der Waals surface area contributed by atoms with Crippen molar-refractivity contribution in [3.05, 3.63) is 41.0 Å². The Labute approximate surface area is 126 Å². The van der Waals surface area contributed by atoms with Gasteiger partial charge in [-0.1, -0.05) is 18.2 Å². The Balaban J connectivity index is 2.02. The van der Waals surface area contributed by atoms with E-state index in [0.717, 1.165) is 17.7 Å². The van der Waals surface area contributed by atoms with Crippen LogP contribution in [-0.2, 0) is 15.7 Å². The van der Waals surface area contributed by atoms with E-state index < -0.39 is 18.0 Å². The molecule has 0 bridgehead atoms. The first-order valence-electron chi connectivity index (χ1n) is 6.51. The molecule has 0 aliphatic carbocycles.